The summed E-state index contributed by atoms with van der Waals surface area (Å²) in [6.07, 6.45) is 0.417. The van der Waals surface area contributed by atoms with Gasteiger partial charge in [0.25, 0.3) is 5.91 Å². The van der Waals surface area contributed by atoms with Crippen molar-refractivity contribution in [2.45, 2.75) is 31.0 Å². The van der Waals surface area contributed by atoms with Gasteiger partial charge in [0.15, 0.2) is 5.16 Å². The molecule has 0 radical (unpaired) electrons. The highest BCUT2D eigenvalue weighted by atomic mass is 32.2. The number of rotatable bonds is 7. The Morgan fingerprint density at radius 1 is 1.09 bits per heavy atom. The molecule has 0 aliphatic carbocycles. The van der Waals surface area contributed by atoms with Crippen molar-refractivity contribution in [2.75, 3.05) is 11.1 Å². The number of para-hydroxylation sites is 2. The summed E-state index contributed by atoms with van der Waals surface area (Å²) >= 11 is 1.12. The first-order valence-electron chi connectivity index (χ1n) is 10.1. The van der Waals surface area contributed by atoms with Crippen molar-refractivity contribution in [1.29, 1.82) is 0 Å². The average molecular weight is 451 g/mol. The minimum absolute atomic E-state index is 0.0665. The second-order valence-electron chi connectivity index (χ2n) is 7.44. The van der Waals surface area contributed by atoms with E-state index in [2.05, 4.69) is 26.0 Å². The van der Waals surface area contributed by atoms with Gasteiger partial charge in [-0.15, -0.1) is 0 Å². The van der Waals surface area contributed by atoms with Gasteiger partial charge < -0.3 is 10.6 Å². The summed E-state index contributed by atoms with van der Waals surface area (Å²) in [5.41, 5.74) is 2.96. The Morgan fingerprint density at radius 3 is 2.53 bits per heavy atom. The van der Waals surface area contributed by atoms with Gasteiger partial charge in [-0.3, -0.25) is 15.0 Å². The number of nitrogens with zero attached hydrogens (tertiary/aromatic N) is 3. The van der Waals surface area contributed by atoms with E-state index in [9.17, 15) is 14.4 Å². The Bertz CT molecular complexity index is 1190. The van der Waals surface area contributed by atoms with Crippen LogP contribution in [0.5, 0.6) is 0 Å². The lowest BCUT2D eigenvalue weighted by atomic mass is 10.00. The number of carbonyl (C=O) groups excluding carboxylic acids is 3. The first-order valence-corrected chi connectivity index (χ1v) is 11.1. The molecule has 4 amide bonds. The van der Waals surface area contributed by atoms with Gasteiger partial charge in [-0.05, 0) is 37.6 Å². The molecule has 10 heteroatoms. The molecule has 1 aliphatic heterocycles. The molecule has 2 heterocycles. The smallest absolute Gasteiger partial charge is 0.340 e. The number of hydrogen-bond donors (Lipinski definition) is 3. The van der Waals surface area contributed by atoms with Gasteiger partial charge in [-0.25, -0.2) is 14.8 Å². The lowest BCUT2D eigenvalue weighted by Crippen LogP contribution is -2.49. The number of hydrogen-bond acceptors (Lipinski definition) is 7. The van der Waals surface area contributed by atoms with Crippen LogP contribution >= 0.6 is 11.8 Å². The van der Waals surface area contributed by atoms with E-state index in [1.165, 1.54) is 0 Å². The predicted octanol–water partition coefficient (Wildman–Crippen LogP) is 3.22. The first-order chi connectivity index (χ1) is 15.4. The molecule has 32 heavy (non-hydrogen) atoms. The van der Waals surface area contributed by atoms with E-state index in [0.29, 0.717) is 17.4 Å². The summed E-state index contributed by atoms with van der Waals surface area (Å²) in [7, 11) is 0. The summed E-state index contributed by atoms with van der Waals surface area (Å²) in [5.74, 6) is -0.436. The van der Waals surface area contributed by atoms with Crippen molar-refractivity contribution >= 4 is 52.0 Å². The van der Waals surface area contributed by atoms with Gasteiger partial charge in [0.2, 0.25) is 5.91 Å². The van der Waals surface area contributed by atoms with Crippen LogP contribution in [0.15, 0.2) is 59.8 Å². The van der Waals surface area contributed by atoms with E-state index in [0.717, 1.165) is 33.4 Å². The van der Waals surface area contributed by atoms with E-state index in [-0.39, 0.29) is 5.75 Å². The molecule has 1 atom stereocenters. The van der Waals surface area contributed by atoms with Crippen LogP contribution in [0.4, 0.5) is 16.3 Å². The second-order valence-corrected chi connectivity index (χ2v) is 8.39. The van der Waals surface area contributed by atoms with Crippen molar-refractivity contribution in [2.24, 2.45) is 0 Å². The van der Waals surface area contributed by atoms with Crippen LogP contribution in [-0.2, 0) is 9.59 Å². The van der Waals surface area contributed by atoms with Crippen LogP contribution in [0.1, 0.15) is 20.3 Å². The normalized spacial score (nSPS) is 18.0. The van der Waals surface area contributed by atoms with Gasteiger partial charge >= 0.3 is 6.03 Å². The average Bonchev–Trinajstić information content (AvgIpc) is 3.02. The van der Waals surface area contributed by atoms with Crippen LogP contribution in [0.2, 0.25) is 0 Å². The number of benzene rings is 2. The molecule has 1 aromatic heterocycles. The number of anilines is 2. The first kappa shape index (κ1) is 21.6. The highest BCUT2D eigenvalue weighted by molar-refractivity contribution is 7.99. The largest absolute Gasteiger partial charge is 0.344 e. The molecular formula is C22H22N6O3S. The molecule has 3 N–H and O–H groups in total. The van der Waals surface area contributed by atoms with Gasteiger partial charge in [0.05, 0.1) is 11.3 Å². The SMILES string of the molecule is CCC1(C)NC(=O)N(NC(=O)CSc2nc(Nc3ccccc3)c3ccccc3n2)C1=O. The third-order valence-corrected chi connectivity index (χ3v) is 6.00. The number of urea groups is 1. The van der Waals surface area contributed by atoms with E-state index in [4.69, 9.17) is 0 Å². The van der Waals surface area contributed by atoms with Crippen molar-refractivity contribution in [1.82, 2.24) is 25.7 Å². The molecular weight excluding hydrogens is 428 g/mol. The number of fused-ring (bicyclic) bond motifs is 1. The lowest BCUT2D eigenvalue weighted by molar-refractivity contribution is -0.137. The number of hydrazine groups is 1. The maximum absolute atomic E-state index is 12.4. The van der Waals surface area contributed by atoms with E-state index in [1.807, 2.05) is 54.6 Å². The fraction of sp³-hybridized carbons (Fsp3) is 0.227. The molecule has 4 rings (SSSR count). The van der Waals surface area contributed by atoms with Gasteiger partial charge in [0, 0.05) is 11.1 Å². The fourth-order valence-corrected chi connectivity index (χ4v) is 3.83. The number of amides is 4. The zero-order chi connectivity index (χ0) is 22.7. The Hall–Kier alpha value is -3.66. The Balaban J connectivity index is 1.48. The summed E-state index contributed by atoms with van der Waals surface area (Å²) in [4.78, 5) is 46.0. The summed E-state index contributed by atoms with van der Waals surface area (Å²) in [6.45, 7) is 3.41. The van der Waals surface area contributed by atoms with Crippen molar-refractivity contribution in [3.8, 4) is 0 Å². The molecule has 164 valence electrons. The summed E-state index contributed by atoms with van der Waals surface area (Å²) in [5, 5.41) is 7.86. The monoisotopic (exact) mass is 450 g/mol. The summed E-state index contributed by atoms with van der Waals surface area (Å²) < 4.78 is 0. The number of nitrogens with one attached hydrogen (secondary N) is 3. The number of imide groups is 1. The van der Waals surface area contributed by atoms with E-state index < -0.39 is 23.4 Å². The molecule has 3 aromatic rings. The number of thioether (sulfide) groups is 1. The van der Waals surface area contributed by atoms with Crippen LogP contribution in [-0.4, -0.2) is 44.1 Å². The van der Waals surface area contributed by atoms with Crippen LogP contribution in [0.3, 0.4) is 0 Å². The molecule has 0 spiro atoms. The van der Waals surface area contributed by atoms with Crippen molar-refractivity contribution in [3.63, 3.8) is 0 Å². The minimum atomic E-state index is -1.02. The maximum Gasteiger partial charge on any atom is 0.344 e. The molecule has 1 unspecified atom stereocenters. The second kappa shape index (κ2) is 8.83. The molecule has 1 saturated heterocycles. The van der Waals surface area contributed by atoms with E-state index in [1.54, 1.807) is 13.8 Å². The lowest BCUT2D eigenvalue weighted by Gasteiger charge is -2.19. The molecule has 0 saturated carbocycles. The third-order valence-electron chi connectivity index (χ3n) is 5.16. The van der Waals surface area contributed by atoms with Crippen molar-refractivity contribution < 1.29 is 14.4 Å². The van der Waals surface area contributed by atoms with Gasteiger partial charge in [-0.2, -0.15) is 5.01 Å². The predicted molar refractivity (Wildman–Crippen MR) is 122 cm³/mol. The molecule has 2 aromatic carbocycles. The highest BCUT2D eigenvalue weighted by Crippen LogP contribution is 2.27. The van der Waals surface area contributed by atoms with Gasteiger partial charge in [0.1, 0.15) is 11.4 Å². The quantitative estimate of drug-likeness (QED) is 0.287. The van der Waals surface area contributed by atoms with Crippen LogP contribution in [0.25, 0.3) is 10.9 Å². The maximum atomic E-state index is 12.4. The van der Waals surface area contributed by atoms with Crippen LogP contribution < -0.4 is 16.1 Å². The number of aromatic nitrogens is 2. The Labute approximate surface area is 189 Å². The zero-order valence-electron chi connectivity index (χ0n) is 17.6. The molecule has 9 nitrogen and oxygen atoms in total. The summed E-state index contributed by atoms with van der Waals surface area (Å²) in [6, 6.07) is 16.6. The Kier molecular flexibility index (Phi) is 5.95. The highest BCUT2D eigenvalue weighted by Gasteiger charge is 2.47. The minimum Gasteiger partial charge on any atom is -0.340 e. The van der Waals surface area contributed by atoms with Crippen LogP contribution in [0, 0.1) is 0 Å². The van der Waals surface area contributed by atoms with Crippen molar-refractivity contribution in [3.05, 3.63) is 54.6 Å². The number of carbonyl (C=O) groups is 3. The molecule has 0 bridgehead atoms. The molecule has 1 fully saturated rings. The molecule has 1 aliphatic rings. The zero-order valence-corrected chi connectivity index (χ0v) is 18.4. The third kappa shape index (κ3) is 4.35. The standard InChI is InChI=1S/C22H22N6O3S/c1-3-22(2)19(30)28(21(31)26-22)27-17(29)13-32-20-24-16-12-8-7-11-15(16)18(25-20)23-14-9-5-4-6-10-14/h4-12H,3,13H2,1-2H3,(H,26,31)(H,27,29)(H,23,24,25). The Morgan fingerprint density at radius 2 is 1.81 bits per heavy atom. The topological polar surface area (TPSA) is 116 Å². The fourth-order valence-electron chi connectivity index (χ4n) is 3.19. The van der Waals surface area contributed by atoms with Gasteiger partial charge in [-0.1, -0.05) is 49.0 Å². The van der Waals surface area contributed by atoms with E-state index >= 15 is 0 Å².